The number of benzene rings is 2. The van der Waals surface area contributed by atoms with Gasteiger partial charge in [0, 0.05) is 52.4 Å². The van der Waals surface area contributed by atoms with Crippen molar-refractivity contribution in [2.24, 2.45) is 0 Å². The predicted octanol–water partition coefficient (Wildman–Crippen LogP) is 4.52. The quantitative estimate of drug-likeness (QED) is 0.322. The summed E-state index contributed by atoms with van der Waals surface area (Å²) in [5.74, 6) is -1.32. The molecule has 3 aromatic rings. The Morgan fingerprint density at radius 1 is 1.02 bits per heavy atom. The lowest BCUT2D eigenvalue weighted by molar-refractivity contribution is -0.151. The first-order valence-corrected chi connectivity index (χ1v) is 15.0. The van der Waals surface area contributed by atoms with Crippen LogP contribution in [0, 0.1) is 25.5 Å². The number of carbonyl (C=O) groups is 3. The summed E-state index contributed by atoms with van der Waals surface area (Å²) in [6.45, 7) is 11.2. The van der Waals surface area contributed by atoms with Crippen molar-refractivity contribution < 1.29 is 32.4 Å². The van der Waals surface area contributed by atoms with Gasteiger partial charge in [-0.05, 0) is 75.6 Å². The number of anilines is 1. The van der Waals surface area contributed by atoms with Crippen LogP contribution in [0.1, 0.15) is 50.3 Å². The summed E-state index contributed by atoms with van der Waals surface area (Å²) in [5, 5.41) is 10.0. The highest BCUT2D eigenvalue weighted by molar-refractivity contribution is 5.87. The van der Waals surface area contributed by atoms with Crippen LogP contribution in [0.25, 0.3) is 11.4 Å². The molecule has 46 heavy (non-hydrogen) atoms. The number of amides is 3. The van der Waals surface area contributed by atoms with Crippen LogP contribution < -0.4 is 5.32 Å². The maximum Gasteiger partial charge on any atom is 0.410 e. The van der Waals surface area contributed by atoms with Crippen LogP contribution in [-0.2, 0) is 27.4 Å². The fourth-order valence-corrected chi connectivity index (χ4v) is 4.94. The van der Waals surface area contributed by atoms with E-state index in [1.165, 1.54) is 39.1 Å². The second kappa shape index (κ2) is 14.2. The van der Waals surface area contributed by atoms with Gasteiger partial charge in [0.15, 0.2) is 0 Å². The maximum atomic E-state index is 14.8. The van der Waals surface area contributed by atoms with E-state index in [0.29, 0.717) is 30.9 Å². The summed E-state index contributed by atoms with van der Waals surface area (Å²) in [7, 11) is 1.60. The molecule has 0 bridgehead atoms. The third-order valence-corrected chi connectivity index (χ3v) is 7.52. The van der Waals surface area contributed by atoms with E-state index in [1.54, 1.807) is 59.7 Å². The minimum Gasteiger partial charge on any atom is -0.444 e. The molecule has 14 heteroatoms. The van der Waals surface area contributed by atoms with Crippen molar-refractivity contribution in [2.45, 2.75) is 60.2 Å². The average Bonchev–Trinajstić information content (AvgIpc) is 3.60. The van der Waals surface area contributed by atoms with Crippen molar-refractivity contribution in [2.75, 3.05) is 45.1 Å². The van der Waals surface area contributed by atoms with Crippen molar-refractivity contribution in [1.82, 2.24) is 30.0 Å². The van der Waals surface area contributed by atoms with E-state index in [4.69, 9.17) is 9.26 Å². The fourth-order valence-electron chi connectivity index (χ4n) is 4.94. The number of carbonyl (C=O) groups excluding carboxylic acids is 3. The van der Waals surface area contributed by atoms with E-state index in [1.807, 2.05) is 0 Å². The van der Waals surface area contributed by atoms with E-state index in [0.717, 1.165) is 11.1 Å². The van der Waals surface area contributed by atoms with Gasteiger partial charge in [-0.25, -0.2) is 18.6 Å². The first-order valence-electron chi connectivity index (χ1n) is 15.0. The number of halogens is 2. The number of aromatic nitrogens is 2. The van der Waals surface area contributed by atoms with Crippen molar-refractivity contribution in [1.29, 1.82) is 0 Å². The normalized spacial score (nSPS) is 12.9. The average molecular weight is 642 g/mol. The summed E-state index contributed by atoms with van der Waals surface area (Å²) >= 11 is 0. The molecule has 2 aromatic carbocycles. The van der Waals surface area contributed by atoms with Gasteiger partial charge in [-0.3, -0.25) is 14.6 Å². The van der Waals surface area contributed by atoms with E-state index >= 15 is 0 Å². The Morgan fingerprint density at radius 3 is 2.37 bits per heavy atom. The van der Waals surface area contributed by atoms with Gasteiger partial charge in [0.1, 0.15) is 23.8 Å². The molecule has 0 aliphatic carbocycles. The summed E-state index contributed by atoms with van der Waals surface area (Å²) < 4.78 is 39.0. The minimum absolute atomic E-state index is 0.0500. The topological polar surface area (TPSA) is 124 Å². The number of hydrogen-bond acceptors (Lipinski definition) is 9. The molecule has 4 rings (SSSR count). The van der Waals surface area contributed by atoms with Crippen molar-refractivity contribution in [3.05, 3.63) is 64.5 Å². The molecule has 3 amide bonds. The number of fused-ring (bicyclic) bond motifs is 1. The summed E-state index contributed by atoms with van der Waals surface area (Å²) in [6, 6.07) is 7.35. The molecule has 0 saturated heterocycles. The number of aryl methyl sites for hydroxylation is 2. The lowest BCUT2D eigenvalue weighted by Gasteiger charge is -2.32. The molecule has 0 spiro atoms. The van der Waals surface area contributed by atoms with Gasteiger partial charge in [-0.1, -0.05) is 11.2 Å². The second-order valence-electron chi connectivity index (χ2n) is 12.2. The molecule has 248 valence electrons. The third-order valence-electron chi connectivity index (χ3n) is 7.52. The first-order chi connectivity index (χ1) is 21.6. The molecule has 0 unspecified atom stereocenters. The molecule has 0 atom stereocenters. The smallest absolute Gasteiger partial charge is 0.410 e. The summed E-state index contributed by atoms with van der Waals surface area (Å²) in [5.41, 5.74) is 2.13. The molecular weight excluding hydrogens is 600 g/mol. The lowest BCUT2D eigenvalue weighted by atomic mass is 10.1. The van der Waals surface area contributed by atoms with E-state index in [9.17, 15) is 23.2 Å². The van der Waals surface area contributed by atoms with Crippen molar-refractivity contribution >= 4 is 23.6 Å². The standard InChI is InChI=1S/C32H41F2N7O5/c1-8-39(31(44)45-32(4,5)6)11-12-40(19-29(43)38(7)41-17-22-9-10-24(33)14-23(22)18-41)28(42)16-35-27-15-25(26(34)13-20(27)2)30-36-21(3)46-37-30/h9-10,13-15,35H,8,11-12,16-19H2,1-7H3. The highest BCUT2D eigenvalue weighted by atomic mass is 19.1. The first kappa shape index (κ1) is 34.3. The summed E-state index contributed by atoms with van der Waals surface area (Å²) in [6.07, 6.45) is -0.530. The molecule has 0 radical (unpaired) electrons. The van der Waals surface area contributed by atoms with Crippen LogP contribution in [0.15, 0.2) is 34.9 Å². The fraction of sp³-hybridized carbons (Fsp3) is 0.469. The van der Waals surface area contributed by atoms with E-state index in [2.05, 4.69) is 15.5 Å². The lowest BCUT2D eigenvalue weighted by Crippen LogP contribution is -2.50. The monoisotopic (exact) mass is 641 g/mol. The number of hydrogen-bond donors (Lipinski definition) is 1. The van der Waals surface area contributed by atoms with Crippen LogP contribution in [0.2, 0.25) is 0 Å². The van der Waals surface area contributed by atoms with Crippen LogP contribution in [-0.4, -0.2) is 93.2 Å². The molecule has 1 N–H and O–H groups in total. The minimum atomic E-state index is -0.703. The highest BCUT2D eigenvalue weighted by Crippen LogP contribution is 2.27. The van der Waals surface area contributed by atoms with E-state index in [-0.39, 0.29) is 55.2 Å². The zero-order valence-electron chi connectivity index (χ0n) is 27.3. The Hall–Kier alpha value is -4.59. The number of ether oxygens (including phenoxy) is 1. The molecular formula is C32H41F2N7O5. The maximum absolute atomic E-state index is 14.8. The Morgan fingerprint density at radius 2 is 1.72 bits per heavy atom. The van der Waals surface area contributed by atoms with Gasteiger partial charge in [0.25, 0.3) is 5.91 Å². The van der Waals surface area contributed by atoms with E-state index < -0.39 is 23.4 Å². The van der Waals surface area contributed by atoms with Crippen LogP contribution in [0.5, 0.6) is 0 Å². The van der Waals surface area contributed by atoms with Crippen LogP contribution in [0.4, 0.5) is 19.3 Å². The highest BCUT2D eigenvalue weighted by Gasteiger charge is 2.29. The van der Waals surface area contributed by atoms with Crippen molar-refractivity contribution in [3.63, 3.8) is 0 Å². The van der Waals surface area contributed by atoms with Crippen LogP contribution >= 0.6 is 0 Å². The molecule has 0 fully saturated rings. The number of nitrogens with one attached hydrogen (secondary N) is 1. The van der Waals surface area contributed by atoms with Crippen molar-refractivity contribution in [3.8, 4) is 11.4 Å². The number of hydrazine groups is 1. The zero-order valence-corrected chi connectivity index (χ0v) is 27.3. The van der Waals surface area contributed by atoms with Gasteiger partial charge in [0.2, 0.25) is 17.6 Å². The molecule has 2 heterocycles. The molecule has 0 saturated carbocycles. The largest absolute Gasteiger partial charge is 0.444 e. The van der Waals surface area contributed by atoms with Gasteiger partial charge in [-0.15, -0.1) is 0 Å². The van der Waals surface area contributed by atoms with Gasteiger partial charge in [0.05, 0.1) is 12.1 Å². The van der Waals surface area contributed by atoms with Gasteiger partial charge >= 0.3 is 6.09 Å². The summed E-state index contributed by atoms with van der Waals surface area (Å²) in [4.78, 5) is 46.8. The van der Waals surface area contributed by atoms with Gasteiger partial charge in [-0.2, -0.15) is 4.98 Å². The third kappa shape index (κ3) is 8.56. The predicted molar refractivity (Wildman–Crippen MR) is 166 cm³/mol. The Labute approximate surface area is 267 Å². The Bertz CT molecular complexity index is 1590. The van der Waals surface area contributed by atoms with Gasteiger partial charge < -0.3 is 24.4 Å². The zero-order chi connectivity index (χ0) is 33.8. The molecule has 1 aliphatic heterocycles. The second-order valence-corrected chi connectivity index (χ2v) is 12.2. The van der Waals surface area contributed by atoms with Crippen LogP contribution in [0.3, 0.4) is 0 Å². The number of rotatable bonds is 11. The molecule has 12 nitrogen and oxygen atoms in total. The number of likely N-dealkylation sites (N-methyl/N-ethyl adjacent to an activating group) is 2. The molecule has 1 aromatic heterocycles. The Kier molecular flexibility index (Phi) is 10.6. The Balaban J connectivity index is 1.49. The SMILES string of the molecule is CCN(CCN(CC(=O)N(C)N1Cc2ccc(F)cc2C1)C(=O)CNc1cc(-c2noc(C)n2)c(F)cc1C)C(=O)OC(C)(C)C. The molecule has 1 aliphatic rings. The number of nitrogens with zero attached hydrogens (tertiary/aromatic N) is 6.